The Kier molecular flexibility index (Phi) is 5.68. The quantitative estimate of drug-likeness (QED) is 0.675. The molecule has 1 N–H and O–H groups in total. The molecule has 2 aromatic heterocycles. The summed E-state index contributed by atoms with van der Waals surface area (Å²) >= 11 is 0. The van der Waals surface area contributed by atoms with Crippen LogP contribution in [-0.4, -0.2) is 30.2 Å². The van der Waals surface area contributed by atoms with Crippen molar-refractivity contribution in [1.82, 2.24) is 9.29 Å². The largest absolute Gasteiger partial charge is 0.468 e. The number of aromatic nitrogens is 1. The van der Waals surface area contributed by atoms with Gasteiger partial charge < -0.3 is 9.73 Å². The van der Waals surface area contributed by atoms with Crippen LogP contribution in [-0.2, 0) is 21.4 Å². The smallest absolute Gasteiger partial charge is 0.243 e. The predicted octanol–water partition coefficient (Wildman–Crippen LogP) is 2.81. The second-order valence-electron chi connectivity index (χ2n) is 5.96. The zero-order valence-corrected chi connectivity index (χ0v) is 15.5. The van der Waals surface area contributed by atoms with E-state index in [1.165, 1.54) is 24.6 Å². The molecule has 2 heterocycles. The van der Waals surface area contributed by atoms with Crippen LogP contribution in [0.15, 0.2) is 76.5 Å². The third-order valence-corrected chi connectivity index (χ3v) is 5.64. The van der Waals surface area contributed by atoms with E-state index in [0.29, 0.717) is 11.4 Å². The molecule has 140 valence electrons. The maximum atomic E-state index is 13.0. The van der Waals surface area contributed by atoms with Crippen LogP contribution in [0.2, 0.25) is 0 Å². The van der Waals surface area contributed by atoms with Crippen molar-refractivity contribution in [2.24, 2.45) is 0 Å². The van der Waals surface area contributed by atoms with Crippen LogP contribution in [0.5, 0.6) is 0 Å². The van der Waals surface area contributed by atoms with Crippen molar-refractivity contribution < 1.29 is 17.6 Å². The molecule has 0 aliphatic heterocycles. The molecule has 3 aromatic rings. The first-order valence-corrected chi connectivity index (χ1v) is 9.68. The van der Waals surface area contributed by atoms with Gasteiger partial charge in [0.15, 0.2) is 0 Å². The fourth-order valence-corrected chi connectivity index (χ4v) is 3.82. The van der Waals surface area contributed by atoms with Gasteiger partial charge in [-0.25, -0.2) is 8.42 Å². The lowest BCUT2D eigenvalue weighted by atomic mass is 10.2. The van der Waals surface area contributed by atoms with Gasteiger partial charge in [0.1, 0.15) is 5.76 Å². The third-order valence-electron chi connectivity index (χ3n) is 3.84. The zero-order valence-electron chi connectivity index (χ0n) is 14.7. The lowest BCUT2D eigenvalue weighted by Crippen LogP contribution is -2.37. The molecular formula is C19H19N3O4S. The molecule has 0 radical (unpaired) electrons. The summed E-state index contributed by atoms with van der Waals surface area (Å²) in [6, 6.07) is 13.2. The standard InChI is InChI=1S/C19H19N3O4S/c1-15-6-8-18(9-7-15)27(24,25)22(13-17-5-3-11-26-17)14-19(23)21-16-4-2-10-20-12-16/h2-12H,13-14H2,1H3,(H,21,23). The van der Waals surface area contributed by atoms with Gasteiger partial charge in [-0.2, -0.15) is 4.31 Å². The van der Waals surface area contributed by atoms with Gasteiger partial charge in [-0.15, -0.1) is 0 Å². The number of benzene rings is 1. The van der Waals surface area contributed by atoms with Gasteiger partial charge in [0, 0.05) is 6.20 Å². The number of hydrogen-bond acceptors (Lipinski definition) is 5. The summed E-state index contributed by atoms with van der Waals surface area (Å²) < 4.78 is 32.5. The number of nitrogens with zero attached hydrogens (tertiary/aromatic N) is 2. The van der Waals surface area contributed by atoms with E-state index in [4.69, 9.17) is 4.42 Å². The molecule has 0 saturated carbocycles. The Morgan fingerprint density at radius 3 is 2.56 bits per heavy atom. The van der Waals surface area contributed by atoms with Crippen molar-refractivity contribution >= 4 is 21.6 Å². The monoisotopic (exact) mass is 385 g/mol. The Labute approximate surface area is 157 Å². The molecular weight excluding hydrogens is 366 g/mol. The molecule has 0 unspecified atom stereocenters. The number of sulfonamides is 1. The minimum atomic E-state index is -3.88. The molecule has 7 nitrogen and oxygen atoms in total. The molecule has 27 heavy (non-hydrogen) atoms. The highest BCUT2D eigenvalue weighted by Crippen LogP contribution is 2.19. The number of aryl methyl sites for hydroxylation is 1. The molecule has 1 amide bonds. The number of anilines is 1. The number of carbonyl (C=O) groups is 1. The average molecular weight is 385 g/mol. The normalized spacial score (nSPS) is 11.5. The van der Waals surface area contributed by atoms with E-state index in [2.05, 4.69) is 10.3 Å². The Hall–Kier alpha value is -2.97. The minimum Gasteiger partial charge on any atom is -0.468 e. The number of carbonyl (C=O) groups excluding carboxylic acids is 1. The van der Waals surface area contributed by atoms with Crippen molar-refractivity contribution in [3.63, 3.8) is 0 Å². The van der Waals surface area contributed by atoms with Crippen LogP contribution in [0, 0.1) is 6.92 Å². The molecule has 8 heteroatoms. The summed E-state index contributed by atoms with van der Waals surface area (Å²) in [6.45, 7) is 1.47. The van der Waals surface area contributed by atoms with E-state index in [1.54, 1.807) is 42.6 Å². The van der Waals surface area contributed by atoms with Gasteiger partial charge in [-0.05, 0) is 43.3 Å². The van der Waals surface area contributed by atoms with Crippen molar-refractivity contribution in [2.75, 3.05) is 11.9 Å². The number of pyridine rings is 1. The number of amides is 1. The van der Waals surface area contributed by atoms with Crippen LogP contribution < -0.4 is 5.32 Å². The van der Waals surface area contributed by atoms with Crippen LogP contribution in [0.3, 0.4) is 0 Å². The van der Waals surface area contributed by atoms with Gasteiger partial charge in [0.05, 0.1) is 36.1 Å². The maximum Gasteiger partial charge on any atom is 0.243 e. The minimum absolute atomic E-state index is 0.0519. The average Bonchev–Trinajstić information content (AvgIpc) is 3.15. The number of rotatable bonds is 7. The summed E-state index contributed by atoms with van der Waals surface area (Å²) in [6.07, 6.45) is 4.53. The molecule has 0 aliphatic rings. The maximum absolute atomic E-state index is 13.0. The second kappa shape index (κ2) is 8.15. The zero-order chi connectivity index (χ0) is 19.3. The number of furan rings is 1. The summed E-state index contributed by atoms with van der Waals surface area (Å²) in [5, 5.41) is 2.65. The Morgan fingerprint density at radius 1 is 1.15 bits per heavy atom. The van der Waals surface area contributed by atoms with Crippen LogP contribution in [0.4, 0.5) is 5.69 Å². The van der Waals surface area contributed by atoms with E-state index in [9.17, 15) is 13.2 Å². The van der Waals surface area contributed by atoms with Crippen molar-refractivity contribution in [1.29, 1.82) is 0 Å². The Balaban J connectivity index is 1.84. The molecule has 1 aromatic carbocycles. The highest BCUT2D eigenvalue weighted by Gasteiger charge is 2.27. The topological polar surface area (TPSA) is 92.5 Å². The van der Waals surface area contributed by atoms with Gasteiger partial charge >= 0.3 is 0 Å². The predicted molar refractivity (Wildman–Crippen MR) is 100 cm³/mol. The third kappa shape index (κ3) is 4.81. The van der Waals surface area contributed by atoms with Gasteiger partial charge in [-0.1, -0.05) is 17.7 Å². The Morgan fingerprint density at radius 2 is 1.93 bits per heavy atom. The van der Waals surface area contributed by atoms with Gasteiger partial charge in [0.2, 0.25) is 15.9 Å². The first-order chi connectivity index (χ1) is 12.9. The Bertz CT molecular complexity index is 985. The van der Waals surface area contributed by atoms with Gasteiger partial charge in [0.25, 0.3) is 0 Å². The summed E-state index contributed by atoms with van der Waals surface area (Å²) in [5.74, 6) is -0.0230. The van der Waals surface area contributed by atoms with E-state index in [0.717, 1.165) is 9.87 Å². The van der Waals surface area contributed by atoms with Crippen molar-refractivity contribution in [3.05, 3.63) is 78.5 Å². The van der Waals surface area contributed by atoms with Crippen LogP contribution >= 0.6 is 0 Å². The van der Waals surface area contributed by atoms with E-state index >= 15 is 0 Å². The molecule has 0 atom stereocenters. The number of hydrogen-bond donors (Lipinski definition) is 1. The molecule has 0 spiro atoms. The van der Waals surface area contributed by atoms with Crippen LogP contribution in [0.1, 0.15) is 11.3 Å². The first kappa shape index (κ1) is 18.8. The summed E-state index contributed by atoms with van der Waals surface area (Å²) in [7, 11) is -3.88. The molecule has 0 aliphatic carbocycles. The summed E-state index contributed by atoms with van der Waals surface area (Å²) in [5.41, 5.74) is 1.44. The number of nitrogens with one attached hydrogen (secondary N) is 1. The fraction of sp³-hybridized carbons (Fsp3) is 0.158. The van der Waals surface area contributed by atoms with Crippen molar-refractivity contribution in [3.8, 4) is 0 Å². The molecule has 0 fully saturated rings. The first-order valence-electron chi connectivity index (χ1n) is 8.24. The van der Waals surface area contributed by atoms with Crippen LogP contribution in [0.25, 0.3) is 0 Å². The van der Waals surface area contributed by atoms with E-state index in [1.807, 2.05) is 6.92 Å². The molecule has 0 saturated heterocycles. The lowest BCUT2D eigenvalue weighted by Gasteiger charge is -2.21. The SMILES string of the molecule is Cc1ccc(S(=O)(=O)N(CC(=O)Nc2cccnc2)Cc2ccco2)cc1. The van der Waals surface area contributed by atoms with E-state index < -0.39 is 15.9 Å². The molecule has 3 rings (SSSR count). The summed E-state index contributed by atoms with van der Waals surface area (Å²) in [4.78, 5) is 16.4. The molecule has 0 bridgehead atoms. The van der Waals surface area contributed by atoms with Gasteiger partial charge in [-0.3, -0.25) is 9.78 Å². The fourth-order valence-electron chi connectivity index (χ4n) is 2.46. The highest BCUT2D eigenvalue weighted by atomic mass is 32.2. The van der Waals surface area contributed by atoms with E-state index in [-0.39, 0.29) is 18.0 Å². The van der Waals surface area contributed by atoms with Crippen molar-refractivity contribution in [2.45, 2.75) is 18.4 Å². The highest BCUT2D eigenvalue weighted by molar-refractivity contribution is 7.89. The second-order valence-corrected chi connectivity index (χ2v) is 7.89. The lowest BCUT2D eigenvalue weighted by molar-refractivity contribution is -0.116.